The molecule has 0 atom stereocenters. The van der Waals surface area contributed by atoms with Crippen LogP contribution < -0.4 is 16.4 Å². The zero-order valence-electron chi connectivity index (χ0n) is 9.31. The summed E-state index contributed by atoms with van der Waals surface area (Å²) in [5.74, 6) is 0.0794. The summed E-state index contributed by atoms with van der Waals surface area (Å²) in [6, 6.07) is 0.318. The van der Waals surface area contributed by atoms with E-state index in [-0.39, 0.29) is 5.91 Å². The molecular weight excluding hydrogens is 178 g/mol. The molecule has 84 valence electrons. The lowest BCUT2D eigenvalue weighted by Gasteiger charge is -2.14. The predicted octanol–water partition coefficient (Wildman–Crippen LogP) is 0.230. The Hall–Kier alpha value is -0.610. The summed E-state index contributed by atoms with van der Waals surface area (Å²) < 4.78 is 0. The van der Waals surface area contributed by atoms with Crippen molar-refractivity contribution in [2.75, 3.05) is 19.6 Å². The van der Waals surface area contributed by atoms with E-state index in [2.05, 4.69) is 24.5 Å². The second-order valence-corrected chi connectivity index (χ2v) is 3.40. The van der Waals surface area contributed by atoms with Gasteiger partial charge in [0.15, 0.2) is 0 Å². The summed E-state index contributed by atoms with van der Waals surface area (Å²) in [6.45, 7) is 6.04. The van der Waals surface area contributed by atoms with Crippen LogP contribution in [0, 0.1) is 0 Å². The molecule has 4 N–H and O–H groups in total. The number of hydrogen-bond acceptors (Lipinski definition) is 3. The molecular formula is C10H23N3O. The van der Waals surface area contributed by atoms with Crippen molar-refractivity contribution in [2.45, 2.75) is 39.2 Å². The average molecular weight is 201 g/mol. The SMILES string of the molecule is CCC(CC)NC(=O)CNCCCN. The molecule has 0 aromatic rings. The number of amides is 1. The normalized spacial score (nSPS) is 10.6. The lowest BCUT2D eigenvalue weighted by atomic mass is 10.2. The van der Waals surface area contributed by atoms with Crippen LogP contribution in [0.1, 0.15) is 33.1 Å². The monoisotopic (exact) mass is 201 g/mol. The second kappa shape index (κ2) is 8.97. The fourth-order valence-corrected chi connectivity index (χ4v) is 1.20. The highest BCUT2D eigenvalue weighted by Gasteiger charge is 2.06. The van der Waals surface area contributed by atoms with Crippen LogP contribution in [0.25, 0.3) is 0 Å². The Labute approximate surface area is 86.6 Å². The molecule has 14 heavy (non-hydrogen) atoms. The van der Waals surface area contributed by atoms with Crippen LogP contribution in [0.5, 0.6) is 0 Å². The molecule has 0 rings (SSSR count). The Morgan fingerprint density at radius 2 is 2.00 bits per heavy atom. The summed E-state index contributed by atoms with van der Waals surface area (Å²) in [4.78, 5) is 11.3. The van der Waals surface area contributed by atoms with Crippen molar-refractivity contribution in [1.82, 2.24) is 10.6 Å². The minimum absolute atomic E-state index is 0.0794. The minimum atomic E-state index is 0.0794. The van der Waals surface area contributed by atoms with Crippen LogP contribution in [-0.4, -0.2) is 31.6 Å². The number of carbonyl (C=O) groups excluding carboxylic acids is 1. The molecule has 0 aliphatic heterocycles. The molecule has 0 aliphatic rings. The van der Waals surface area contributed by atoms with E-state index in [9.17, 15) is 4.79 Å². The number of nitrogens with one attached hydrogen (secondary N) is 2. The van der Waals surface area contributed by atoms with E-state index in [1.54, 1.807) is 0 Å². The Bertz CT molecular complexity index is 146. The van der Waals surface area contributed by atoms with Crippen molar-refractivity contribution in [3.63, 3.8) is 0 Å². The molecule has 0 heterocycles. The third kappa shape index (κ3) is 6.86. The second-order valence-electron chi connectivity index (χ2n) is 3.40. The van der Waals surface area contributed by atoms with Crippen molar-refractivity contribution < 1.29 is 4.79 Å². The Morgan fingerprint density at radius 3 is 2.50 bits per heavy atom. The zero-order chi connectivity index (χ0) is 10.8. The first kappa shape index (κ1) is 13.4. The first-order valence-corrected chi connectivity index (χ1v) is 5.44. The third-order valence-corrected chi connectivity index (χ3v) is 2.19. The van der Waals surface area contributed by atoms with E-state index < -0.39 is 0 Å². The summed E-state index contributed by atoms with van der Waals surface area (Å²) in [7, 11) is 0. The van der Waals surface area contributed by atoms with Crippen LogP contribution in [-0.2, 0) is 4.79 Å². The van der Waals surface area contributed by atoms with Crippen molar-refractivity contribution in [3.05, 3.63) is 0 Å². The largest absolute Gasteiger partial charge is 0.352 e. The highest BCUT2D eigenvalue weighted by Crippen LogP contribution is 1.94. The van der Waals surface area contributed by atoms with Crippen molar-refractivity contribution in [1.29, 1.82) is 0 Å². The molecule has 0 bridgehead atoms. The van der Waals surface area contributed by atoms with Gasteiger partial charge in [-0.2, -0.15) is 0 Å². The van der Waals surface area contributed by atoms with Gasteiger partial charge in [-0.25, -0.2) is 0 Å². The fourth-order valence-electron chi connectivity index (χ4n) is 1.20. The molecule has 4 nitrogen and oxygen atoms in total. The molecule has 4 heteroatoms. The smallest absolute Gasteiger partial charge is 0.234 e. The standard InChI is InChI=1S/C10H23N3O/c1-3-9(4-2)13-10(14)8-12-7-5-6-11/h9,12H,3-8,11H2,1-2H3,(H,13,14). The highest BCUT2D eigenvalue weighted by molar-refractivity contribution is 5.78. The number of carbonyl (C=O) groups is 1. The molecule has 0 saturated carbocycles. The molecule has 1 amide bonds. The summed E-state index contributed by atoms with van der Waals surface area (Å²) in [6.07, 6.45) is 2.90. The first-order valence-electron chi connectivity index (χ1n) is 5.44. The van der Waals surface area contributed by atoms with Gasteiger partial charge in [0, 0.05) is 6.04 Å². The molecule has 0 unspecified atom stereocenters. The van der Waals surface area contributed by atoms with Gasteiger partial charge in [0.05, 0.1) is 6.54 Å². The van der Waals surface area contributed by atoms with Gasteiger partial charge in [0.1, 0.15) is 0 Å². The van der Waals surface area contributed by atoms with Crippen LogP contribution in [0.3, 0.4) is 0 Å². The van der Waals surface area contributed by atoms with Crippen LogP contribution in [0.2, 0.25) is 0 Å². The van der Waals surface area contributed by atoms with Gasteiger partial charge in [-0.05, 0) is 32.4 Å². The van der Waals surface area contributed by atoms with E-state index >= 15 is 0 Å². The summed E-state index contributed by atoms with van der Waals surface area (Å²) >= 11 is 0. The summed E-state index contributed by atoms with van der Waals surface area (Å²) in [5, 5.41) is 6.01. The van der Waals surface area contributed by atoms with Gasteiger partial charge in [-0.1, -0.05) is 13.8 Å². The molecule has 0 saturated heterocycles. The minimum Gasteiger partial charge on any atom is -0.352 e. The van der Waals surface area contributed by atoms with Crippen molar-refractivity contribution in [3.8, 4) is 0 Å². The van der Waals surface area contributed by atoms with E-state index in [0.29, 0.717) is 19.1 Å². The Morgan fingerprint density at radius 1 is 1.36 bits per heavy atom. The van der Waals surface area contributed by atoms with Crippen LogP contribution >= 0.6 is 0 Å². The molecule has 0 fully saturated rings. The average Bonchev–Trinajstić information content (AvgIpc) is 2.21. The van der Waals surface area contributed by atoms with Gasteiger partial charge in [-0.3, -0.25) is 4.79 Å². The van der Waals surface area contributed by atoms with Crippen molar-refractivity contribution in [2.24, 2.45) is 5.73 Å². The topological polar surface area (TPSA) is 67.2 Å². The molecule has 0 radical (unpaired) electrons. The van der Waals surface area contributed by atoms with Gasteiger partial charge < -0.3 is 16.4 Å². The van der Waals surface area contributed by atoms with Crippen LogP contribution in [0.4, 0.5) is 0 Å². The Kier molecular flexibility index (Phi) is 8.57. The maximum absolute atomic E-state index is 11.3. The third-order valence-electron chi connectivity index (χ3n) is 2.19. The van der Waals surface area contributed by atoms with Crippen LogP contribution in [0.15, 0.2) is 0 Å². The van der Waals surface area contributed by atoms with E-state index in [1.165, 1.54) is 0 Å². The van der Waals surface area contributed by atoms with Crippen molar-refractivity contribution >= 4 is 5.91 Å². The lowest BCUT2D eigenvalue weighted by molar-refractivity contribution is -0.121. The number of hydrogen-bond donors (Lipinski definition) is 3. The molecule has 0 aliphatic carbocycles. The highest BCUT2D eigenvalue weighted by atomic mass is 16.1. The van der Waals surface area contributed by atoms with Gasteiger partial charge in [-0.15, -0.1) is 0 Å². The van der Waals surface area contributed by atoms with E-state index in [4.69, 9.17) is 5.73 Å². The Balaban J connectivity index is 3.44. The van der Waals surface area contributed by atoms with Gasteiger partial charge >= 0.3 is 0 Å². The lowest BCUT2D eigenvalue weighted by Crippen LogP contribution is -2.40. The fraction of sp³-hybridized carbons (Fsp3) is 0.900. The number of rotatable bonds is 8. The van der Waals surface area contributed by atoms with E-state index in [1.807, 2.05) is 0 Å². The molecule has 0 aromatic carbocycles. The maximum Gasteiger partial charge on any atom is 0.234 e. The molecule has 0 spiro atoms. The quantitative estimate of drug-likeness (QED) is 0.492. The first-order chi connectivity index (χ1) is 6.74. The van der Waals surface area contributed by atoms with Gasteiger partial charge in [0.2, 0.25) is 5.91 Å². The predicted molar refractivity (Wildman–Crippen MR) is 59.1 cm³/mol. The maximum atomic E-state index is 11.3. The molecule has 0 aromatic heterocycles. The number of nitrogens with two attached hydrogens (primary N) is 1. The zero-order valence-corrected chi connectivity index (χ0v) is 9.31. The summed E-state index contributed by atoms with van der Waals surface area (Å²) in [5.41, 5.74) is 5.33. The van der Waals surface area contributed by atoms with Gasteiger partial charge in [0.25, 0.3) is 0 Å². The van der Waals surface area contributed by atoms with E-state index in [0.717, 1.165) is 25.8 Å².